The van der Waals surface area contributed by atoms with Crippen molar-refractivity contribution in [2.24, 2.45) is 11.8 Å². The zero-order valence-electron chi connectivity index (χ0n) is 13.0. The number of rotatable bonds is 7. The van der Waals surface area contributed by atoms with Crippen molar-refractivity contribution >= 4 is 0 Å². The highest BCUT2D eigenvalue weighted by molar-refractivity contribution is 4.83. The summed E-state index contributed by atoms with van der Waals surface area (Å²) in [6, 6.07) is 0. The van der Waals surface area contributed by atoms with Crippen LogP contribution in [-0.4, -0.2) is 49.8 Å². The number of hydrogen-bond donors (Lipinski definition) is 1. The molecule has 3 atom stereocenters. The van der Waals surface area contributed by atoms with E-state index in [9.17, 15) is 0 Å². The lowest BCUT2D eigenvalue weighted by atomic mass is 9.95. The van der Waals surface area contributed by atoms with E-state index < -0.39 is 0 Å². The van der Waals surface area contributed by atoms with E-state index in [1.165, 1.54) is 38.8 Å². The molecule has 112 valence electrons. The fourth-order valence-corrected chi connectivity index (χ4v) is 3.36. The van der Waals surface area contributed by atoms with Crippen LogP contribution >= 0.6 is 0 Å². The Hall–Kier alpha value is -0.120. The second-order valence-electron chi connectivity index (χ2n) is 6.71. The van der Waals surface area contributed by atoms with Gasteiger partial charge in [0.25, 0.3) is 0 Å². The molecule has 0 spiro atoms. The molecule has 0 amide bonds. The molecule has 0 aromatic heterocycles. The first-order valence-electron chi connectivity index (χ1n) is 8.27. The molecule has 2 saturated heterocycles. The topological polar surface area (TPSA) is 24.5 Å². The number of likely N-dealkylation sites (tertiary alicyclic amines) is 1. The average molecular weight is 268 g/mol. The van der Waals surface area contributed by atoms with Crippen molar-refractivity contribution in [1.82, 2.24) is 10.2 Å². The number of nitrogens with one attached hydrogen (secondary N) is 1. The maximum absolute atomic E-state index is 6.16. The Kier molecular flexibility index (Phi) is 6.11. The van der Waals surface area contributed by atoms with E-state index in [0.29, 0.717) is 12.2 Å². The van der Waals surface area contributed by atoms with E-state index in [1.807, 2.05) is 0 Å². The Morgan fingerprint density at radius 3 is 2.68 bits per heavy atom. The van der Waals surface area contributed by atoms with Crippen LogP contribution in [0.3, 0.4) is 0 Å². The molecule has 3 unspecified atom stereocenters. The van der Waals surface area contributed by atoms with Crippen LogP contribution in [0, 0.1) is 11.8 Å². The van der Waals surface area contributed by atoms with Gasteiger partial charge in [-0.25, -0.2) is 0 Å². The van der Waals surface area contributed by atoms with Gasteiger partial charge in [0.05, 0.1) is 12.2 Å². The smallest absolute Gasteiger partial charge is 0.0707 e. The van der Waals surface area contributed by atoms with Crippen LogP contribution in [0.1, 0.15) is 46.5 Å². The summed E-state index contributed by atoms with van der Waals surface area (Å²) in [6.45, 7) is 12.8. The van der Waals surface area contributed by atoms with Gasteiger partial charge in [0.1, 0.15) is 0 Å². The maximum Gasteiger partial charge on any atom is 0.0707 e. The van der Waals surface area contributed by atoms with Gasteiger partial charge in [0, 0.05) is 19.6 Å². The molecule has 0 radical (unpaired) electrons. The van der Waals surface area contributed by atoms with Crippen molar-refractivity contribution < 1.29 is 4.74 Å². The lowest BCUT2D eigenvalue weighted by molar-refractivity contribution is 0.0267. The lowest BCUT2D eigenvalue weighted by Crippen LogP contribution is -2.33. The van der Waals surface area contributed by atoms with Crippen LogP contribution in [0.4, 0.5) is 0 Å². The molecule has 1 N–H and O–H groups in total. The minimum absolute atomic E-state index is 0.458. The molecule has 3 heteroatoms. The summed E-state index contributed by atoms with van der Waals surface area (Å²) in [6.07, 6.45) is 6.02. The van der Waals surface area contributed by atoms with E-state index in [0.717, 1.165) is 31.5 Å². The predicted molar refractivity (Wildman–Crippen MR) is 80.4 cm³/mol. The second-order valence-corrected chi connectivity index (χ2v) is 6.71. The molecule has 0 saturated carbocycles. The van der Waals surface area contributed by atoms with Gasteiger partial charge in [-0.15, -0.1) is 0 Å². The molecule has 2 aliphatic rings. The molecule has 2 aliphatic heterocycles. The van der Waals surface area contributed by atoms with Crippen LogP contribution in [0.5, 0.6) is 0 Å². The number of nitrogens with zero attached hydrogens (tertiary/aromatic N) is 1. The normalized spacial score (nSPS) is 32.5. The molecule has 2 heterocycles. The Bertz CT molecular complexity index is 257. The molecule has 3 nitrogen and oxygen atoms in total. The van der Waals surface area contributed by atoms with Crippen molar-refractivity contribution in [2.45, 2.75) is 58.7 Å². The summed E-state index contributed by atoms with van der Waals surface area (Å²) in [7, 11) is 0. The SMILES string of the molecule is CCCNCC1CCC(CN2CCC(C(C)C)C2)O1. The summed E-state index contributed by atoms with van der Waals surface area (Å²) in [4.78, 5) is 2.62. The first-order chi connectivity index (χ1) is 9.19. The summed E-state index contributed by atoms with van der Waals surface area (Å²) in [5, 5.41) is 3.47. The average Bonchev–Trinajstić information content (AvgIpc) is 3.00. The minimum atomic E-state index is 0.458. The number of ether oxygens (including phenoxy) is 1. The molecule has 0 aliphatic carbocycles. The highest BCUT2D eigenvalue weighted by Gasteiger charge is 2.30. The monoisotopic (exact) mass is 268 g/mol. The van der Waals surface area contributed by atoms with Crippen molar-refractivity contribution in [3.8, 4) is 0 Å². The van der Waals surface area contributed by atoms with Crippen molar-refractivity contribution in [3.63, 3.8) is 0 Å². The van der Waals surface area contributed by atoms with Crippen LogP contribution in [0.15, 0.2) is 0 Å². The Labute approximate surface area is 119 Å². The lowest BCUT2D eigenvalue weighted by Gasteiger charge is -2.22. The predicted octanol–water partition coefficient (Wildman–Crippen LogP) is 2.51. The van der Waals surface area contributed by atoms with Crippen LogP contribution in [0.2, 0.25) is 0 Å². The molecule has 2 fully saturated rings. The standard InChI is InChI=1S/C16H32N2O/c1-4-8-17-10-15-5-6-16(19-15)12-18-9-7-14(11-18)13(2)3/h13-17H,4-12H2,1-3H3. The summed E-state index contributed by atoms with van der Waals surface area (Å²) >= 11 is 0. The quantitative estimate of drug-likeness (QED) is 0.718. The Morgan fingerprint density at radius 2 is 2.00 bits per heavy atom. The van der Waals surface area contributed by atoms with Crippen LogP contribution in [0.25, 0.3) is 0 Å². The van der Waals surface area contributed by atoms with E-state index >= 15 is 0 Å². The molecule has 0 aromatic rings. The van der Waals surface area contributed by atoms with Crippen LogP contribution < -0.4 is 5.32 Å². The van der Waals surface area contributed by atoms with Gasteiger partial charge in [0.2, 0.25) is 0 Å². The largest absolute Gasteiger partial charge is 0.372 e. The molecule has 0 aromatic carbocycles. The third kappa shape index (κ3) is 4.73. The van der Waals surface area contributed by atoms with Crippen molar-refractivity contribution in [1.29, 1.82) is 0 Å². The van der Waals surface area contributed by atoms with E-state index in [2.05, 4.69) is 31.0 Å². The molecular weight excluding hydrogens is 236 g/mol. The first kappa shape index (κ1) is 15.3. The van der Waals surface area contributed by atoms with Crippen molar-refractivity contribution in [2.75, 3.05) is 32.7 Å². The van der Waals surface area contributed by atoms with E-state index in [4.69, 9.17) is 4.74 Å². The molecule has 19 heavy (non-hydrogen) atoms. The summed E-state index contributed by atoms with van der Waals surface area (Å²) in [5.41, 5.74) is 0. The minimum Gasteiger partial charge on any atom is -0.372 e. The number of hydrogen-bond acceptors (Lipinski definition) is 3. The fraction of sp³-hybridized carbons (Fsp3) is 1.00. The highest BCUT2D eigenvalue weighted by Crippen LogP contribution is 2.26. The van der Waals surface area contributed by atoms with Gasteiger partial charge in [-0.05, 0) is 50.6 Å². The highest BCUT2D eigenvalue weighted by atomic mass is 16.5. The molecule has 0 bridgehead atoms. The Balaban J connectivity index is 1.63. The first-order valence-corrected chi connectivity index (χ1v) is 8.27. The van der Waals surface area contributed by atoms with Gasteiger partial charge >= 0.3 is 0 Å². The van der Waals surface area contributed by atoms with Gasteiger partial charge in [0.15, 0.2) is 0 Å². The van der Waals surface area contributed by atoms with Gasteiger partial charge in [-0.2, -0.15) is 0 Å². The van der Waals surface area contributed by atoms with E-state index in [1.54, 1.807) is 0 Å². The summed E-state index contributed by atoms with van der Waals surface area (Å²) in [5.74, 6) is 1.74. The maximum atomic E-state index is 6.16. The Morgan fingerprint density at radius 1 is 1.21 bits per heavy atom. The summed E-state index contributed by atoms with van der Waals surface area (Å²) < 4.78 is 6.16. The molecular formula is C16H32N2O. The second kappa shape index (κ2) is 7.61. The van der Waals surface area contributed by atoms with Crippen molar-refractivity contribution in [3.05, 3.63) is 0 Å². The third-order valence-corrected chi connectivity index (χ3v) is 4.71. The zero-order chi connectivity index (χ0) is 13.7. The molecule has 2 rings (SSSR count). The zero-order valence-corrected chi connectivity index (χ0v) is 13.0. The fourth-order valence-electron chi connectivity index (χ4n) is 3.36. The van der Waals surface area contributed by atoms with Gasteiger partial charge < -0.3 is 15.0 Å². The van der Waals surface area contributed by atoms with Gasteiger partial charge in [-0.3, -0.25) is 0 Å². The third-order valence-electron chi connectivity index (χ3n) is 4.71. The van der Waals surface area contributed by atoms with Crippen LogP contribution in [-0.2, 0) is 4.74 Å². The van der Waals surface area contributed by atoms with Gasteiger partial charge in [-0.1, -0.05) is 20.8 Å². The van der Waals surface area contributed by atoms with E-state index in [-0.39, 0.29) is 0 Å².